The number of nitrogens with one attached hydrogen (secondary N) is 1. The van der Waals surface area contributed by atoms with Crippen LogP contribution in [0.25, 0.3) is 0 Å². The molecule has 0 atom stereocenters. The summed E-state index contributed by atoms with van der Waals surface area (Å²) in [5.74, 6) is 0.913. The molecule has 0 radical (unpaired) electrons. The molecule has 60 valence electrons. The Morgan fingerprint density at radius 3 is 3.09 bits per heavy atom. The fraction of sp³-hybridized carbons (Fsp3) is 0.333. The SMILES string of the molecule is C=C(C)CSc1n[nH]c(=S)s1. The van der Waals surface area contributed by atoms with Crippen molar-refractivity contribution in [3.63, 3.8) is 0 Å². The van der Waals surface area contributed by atoms with E-state index in [1.165, 1.54) is 11.3 Å². The summed E-state index contributed by atoms with van der Waals surface area (Å²) in [7, 11) is 0. The van der Waals surface area contributed by atoms with Gasteiger partial charge >= 0.3 is 0 Å². The van der Waals surface area contributed by atoms with Crippen LogP contribution in [0.15, 0.2) is 16.5 Å². The molecule has 0 aromatic carbocycles. The molecule has 11 heavy (non-hydrogen) atoms. The zero-order valence-corrected chi connectivity index (χ0v) is 8.54. The lowest BCUT2D eigenvalue weighted by Crippen LogP contribution is -1.77. The van der Waals surface area contributed by atoms with E-state index < -0.39 is 0 Å². The lowest BCUT2D eigenvalue weighted by atomic mass is 10.4. The molecule has 0 unspecified atom stereocenters. The van der Waals surface area contributed by atoms with Crippen LogP contribution in [0, 0.1) is 3.95 Å². The third-order valence-corrected chi connectivity index (χ3v) is 3.32. The van der Waals surface area contributed by atoms with Gasteiger partial charge in [0.25, 0.3) is 0 Å². The fourth-order valence-electron chi connectivity index (χ4n) is 0.463. The number of H-pyrrole nitrogens is 1. The van der Waals surface area contributed by atoms with Crippen molar-refractivity contribution < 1.29 is 0 Å². The number of aromatic nitrogens is 2. The van der Waals surface area contributed by atoms with E-state index in [0.717, 1.165) is 19.6 Å². The van der Waals surface area contributed by atoms with Gasteiger partial charge < -0.3 is 0 Å². The van der Waals surface area contributed by atoms with Gasteiger partial charge in [-0.2, -0.15) is 5.10 Å². The molecule has 1 heterocycles. The van der Waals surface area contributed by atoms with Gasteiger partial charge in [-0.15, -0.1) is 0 Å². The predicted molar refractivity (Wildman–Crippen MR) is 52.8 cm³/mol. The normalized spacial score (nSPS) is 9.91. The highest BCUT2D eigenvalue weighted by molar-refractivity contribution is 8.01. The highest BCUT2D eigenvalue weighted by Crippen LogP contribution is 2.21. The first-order chi connectivity index (χ1) is 5.18. The first-order valence-electron chi connectivity index (χ1n) is 3.01. The second kappa shape index (κ2) is 4.04. The highest BCUT2D eigenvalue weighted by atomic mass is 32.2. The van der Waals surface area contributed by atoms with Crippen LogP contribution in [-0.2, 0) is 0 Å². The molecule has 0 aliphatic carbocycles. The number of rotatable bonds is 3. The van der Waals surface area contributed by atoms with Crippen LogP contribution in [-0.4, -0.2) is 16.0 Å². The Hall–Kier alpha value is -0.130. The number of hydrogen-bond acceptors (Lipinski definition) is 4. The molecule has 0 spiro atoms. The van der Waals surface area contributed by atoms with E-state index >= 15 is 0 Å². The van der Waals surface area contributed by atoms with Crippen molar-refractivity contribution in [2.75, 3.05) is 5.75 Å². The van der Waals surface area contributed by atoms with E-state index in [2.05, 4.69) is 16.8 Å². The van der Waals surface area contributed by atoms with Gasteiger partial charge in [-0.1, -0.05) is 35.3 Å². The molecule has 0 bridgehead atoms. The number of thioether (sulfide) groups is 1. The minimum absolute atomic E-state index is 0.731. The third kappa shape index (κ3) is 3.18. The molecule has 0 amide bonds. The molecular weight excluding hydrogens is 196 g/mol. The van der Waals surface area contributed by atoms with Gasteiger partial charge in [-0.3, -0.25) is 5.10 Å². The summed E-state index contributed by atoms with van der Waals surface area (Å²) < 4.78 is 1.72. The summed E-state index contributed by atoms with van der Waals surface area (Å²) in [5.41, 5.74) is 1.15. The van der Waals surface area contributed by atoms with Crippen molar-refractivity contribution in [3.8, 4) is 0 Å². The lowest BCUT2D eigenvalue weighted by molar-refractivity contribution is 1.00. The summed E-state index contributed by atoms with van der Waals surface area (Å²) >= 11 is 8.04. The van der Waals surface area contributed by atoms with E-state index in [4.69, 9.17) is 12.2 Å². The van der Waals surface area contributed by atoms with E-state index in [1.54, 1.807) is 11.8 Å². The van der Waals surface area contributed by atoms with Gasteiger partial charge in [0.15, 0.2) is 8.29 Å². The number of nitrogens with zero attached hydrogens (tertiary/aromatic N) is 1. The van der Waals surface area contributed by atoms with Crippen LogP contribution >= 0.6 is 35.3 Å². The van der Waals surface area contributed by atoms with Gasteiger partial charge in [-0.05, 0) is 19.1 Å². The Balaban J connectivity index is 2.51. The molecular formula is C6H8N2S3. The first kappa shape index (κ1) is 8.96. The topological polar surface area (TPSA) is 28.7 Å². The van der Waals surface area contributed by atoms with Crippen LogP contribution < -0.4 is 0 Å². The van der Waals surface area contributed by atoms with Crippen molar-refractivity contribution in [1.29, 1.82) is 0 Å². The first-order valence-corrected chi connectivity index (χ1v) is 5.22. The van der Waals surface area contributed by atoms with E-state index in [0.29, 0.717) is 0 Å². The fourth-order valence-corrected chi connectivity index (χ4v) is 2.39. The summed E-state index contributed by atoms with van der Waals surface area (Å²) in [6.45, 7) is 5.80. The minimum Gasteiger partial charge on any atom is -0.257 e. The van der Waals surface area contributed by atoms with Crippen LogP contribution in [0.4, 0.5) is 0 Å². The Kier molecular flexibility index (Phi) is 3.29. The Labute approximate surface area is 78.7 Å². The van der Waals surface area contributed by atoms with E-state index in [-0.39, 0.29) is 0 Å². The molecule has 0 fully saturated rings. The predicted octanol–water partition coefficient (Wildman–Crippen LogP) is 2.87. The summed E-state index contributed by atoms with van der Waals surface area (Å²) in [5, 5.41) is 6.72. The Morgan fingerprint density at radius 2 is 2.64 bits per heavy atom. The van der Waals surface area contributed by atoms with Crippen LogP contribution in [0.3, 0.4) is 0 Å². The van der Waals surface area contributed by atoms with Crippen molar-refractivity contribution in [1.82, 2.24) is 10.2 Å². The molecule has 0 aliphatic heterocycles. The van der Waals surface area contributed by atoms with Crippen LogP contribution in [0.5, 0.6) is 0 Å². The molecule has 0 saturated heterocycles. The van der Waals surface area contributed by atoms with Crippen molar-refractivity contribution in [3.05, 3.63) is 16.1 Å². The van der Waals surface area contributed by atoms with Gasteiger partial charge in [0.2, 0.25) is 0 Å². The molecule has 2 nitrogen and oxygen atoms in total. The van der Waals surface area contributed by atoms with E-state index in [1.807, 2.05) is 6.92 Å². The third-order valence-electron chi connectivity index (χ3n) is 0.861. The zero-order valence-electron chi connectivity index (χ0n) is 6.09. The maximum Gasteiger partial charge on any atom is 0.177 e. The maximum absolute atomic E-state index is 4.88. The number of aromatic amines is 1. The molecule has 1 aromatic rings. The van der Waals surface area contributed by atoms with E-state index in [9.17, 15) is 0 Å². The second-order valence-electron chi connectivity index (χ2n) is 2.12. The average Bonchev–Trinajstić information content (AvgIpc) is 2.31. The van der Waals surface area contributed by atoms with Crippen molar-refractivity contribution in [2.24, 2.45) is 0 Å². The van der Waals surface area contributed by atoms with Crippen LogP contribution in [0.1, 0.15) is 6.92 Å². The second-order valence-corrected chi connectivity index (χ2v) is 5.01. The smallest absolute Gasteiger partial charge is 0.177 e. The standard InChI is InChI=1S/C6H8N2S3/c1-4(2)3-10-6-8-7-5(9)11-6/h1,3H2,2H3,(H,7,9). The van der Waals surface area contributed by atoms with Crippen molar-refractivity contribution >= 4 is 35.3 Å². The Bertz CT molecular complexity index is 299. The number of hydrogen-bond donors (Lipinski definition) is 1. The lowest BCUT2D eigenvalue weighted by Gasteiger charge is -1.92. The highest BCUT2D eigenvalue weighted by Gasteiger charge is 1.97. The summed E-state index contributed by atoms with van der Waals surface area (Å²) in [4.78, 5) is 0. The largest absolute Gasteiger partial charge is 0.257 e. The molecule has 1 aromatic heterocycles. The monoisotopic (exact) mass is 204 g/mol. The summed E-state index contributed by atoms with van der Waals surface area (Å²) in [6.07, 6.45) is 0. The Morgan fingerprint density at radius 1 is 1.91 bits per heavy atom. The average molecular weight is 204 g/mol. The quantitative estimate of drug-likeness (QED) is 0.466. The van der Waals surface area contributed by atoms with Gasteiger partial charge in [0.05, 0.1) is 0 Å². The molecule has 1 N–H and O–H groups in total. The zero-order chi connectivity index (χ0) is 8.27. The van der Waals surface area contributed by atoms with Gasteiger partial charge in [0.1, 0.15) is 0 Å². The molecule has 5 heteroatoms. The van der Waals surface area contributed by atoms with Crippen molar-refractivity contribution in [2.45, 2.75) is 11.3 Å². The maximum atomic E-state index is 4.88. The van der Waals surface area contributed by atoms with Gasteiger partial charge in [-0.25, -0.2) is 0 Å². The van der Waals surface area contributed by atoms with Gasteiger partial charge in [0, 0.05) is 5.75 Å². The molecule has 1 rings (SSSR count). The summed E-state index contributed by atoms with van der Waals surface area (Å²) in [6, 6.07) is 0. The van der Waals surface area contributed by atoms with Crippen LogP contribution in [0.2, 0.25) is 0 Å². The molecule has 0 aliphatic rings. The molecule has 0 saturated carbocycles. The minimum atomic E-state index is 0.731.